The van der Waals surface area contributed by atoms with Crippen molar-refractivity contribution in [2.45, 2.75) is 103 Å². The van der Waals surface area contributed by atoms with Gasteiger partial charge in [-0.25, -0.2) is 0 Å². The van der Waals surface area contributed by atoms with Crippen LogP contribution >= 0.6 is 0 Å². The molecule has 0 unspecified atom stereocenters. The van der Waals surface area contributed by atoms with Crippen LogP contribution in [0.1, 0.15) is 90.2 Å². The van der Waals surface area contributed by atoms with Crippen molar-refractivity contribution in [2.24, 2.45) is 0 Å². The van der Waals surface area contributed by atoms with Gasteiger partial charge < -0.3 is 20.1 Å². The Kier molecular flexibility index (Phi) is 12.5. The van der Waals surface area contributed by atoms with Crippen molar-refractivity contribution < 1.29 is 19.1 Å². The zero-order chi connectivity index (χ0) is 41.7. The van der Waals surface area contributed by atoms with E-state index in [9.17, 15) is 9.59 Å². The molecule has 0 aliphatic heterocycles. The second-order valence-electron chi connectivity index (χ2n) is 18.0. The predicted octanol–water partition coefficient (Wildman–Crippen LogP) is 12.2. The molecule has 0 saturated carbocycles. The van der Waals surface area contributed by atoms with Gasteiger partial charge >= 0.3 is 0 Å². The van der Waals surface area contributed by atoms with E-state index in [1.807, 2.05) is 0 Å². The molecule has 0 heterocycles. The van der Waals surface area contributed by atoms with E-state index in [2.05, 4.69) is 148 Å². The van der Waals surface area contributed by atoms with Gasteiger partial charge in [0.05, 0.1) is 17.8 Å². The van der Waals surface area contributed by atoms with Gasteiger partial charge in [-0.1, -0.05) is 109 Å². The average Bonchev–Trinajstić information content (AvgIpc) is 3.24. The van der Waals surface area contributed by atoms with Gasteiger partial charge in [0.25, 0.3) is 0 Å². The second-order valence-corrected chi connectivity index (χ2v) is 18.0. The summed E-state index contributed by atoms with van der Waals surface area (Å²) in [5.74, 6) is 0.207. The number of rotatable bonds is 21. The molecule has 8 rings (SSSR count). The molecule has 6 nitrogen and oxygen atoms in total. The lowest BCUT2D eigenvalue weighted by molar-refractivity contribution is -0.122. The van der Waals surface area contributed by atoms with E-state index >= 15 is 0 Å². The monoisotopic (exact) mass is 800 g/mol. The zero-order valence-electron chi connectivity index (χ0n) is 35.9. The van der Waals surface area contributed by atoms with E-state index in [1.54, 1.807) is 0 Å². The van der Waals surface area contributed by atoms with Crippen LogP contribution in [0, 0.1) is 0 Å². The maximum atomic E-state index is 12.7. The summed E-state index contributed by atoms with van der Waals surface area (Å²) in [6.45, 7) is 10.9. The number of amides is 2. The highest BCUT2D eigenvalue weighted by Crippen LogP contribution is 2.38. The van der Waals surface area contributed by atoms with E-state index in [0.717, 1.165) is 51.4 Å². The van der Waals surface area contributed by atoms with Gasteiger partial charge in [0, 0.05) is 32.5 Å². The summed E-state index contributed by atoms with van der Waals surface area (Å²) in [5.41, 5.74) is 2.00. The molecule has 60 heavy (non-hydrogen) atoms. The van der Waals surface area contributed by atoms with E-state index in [-0.39, 0.29) is 23.0 Å². The Labute approximate surface area is 354 Å². The molecule has 0 saturated heterocycles. The molecule has 0 fully saturated rings. The fraction of sp³-hybridized carbons (Fsp3) is 0.370. The van der Waals surface area contributed by atoms with Crippen LogP contribution in [0.4, 0.5) is 0 Å². The van der Waals surface area contributed by atoms with Gasteiger partial charge in [0.2, 0.25) is 11.8 Å². The molecular weight excluding hydrogens is 741 g/mol. The van der Waals surface area contributed by atoms with Gasteiger partial charge in [0.1, 0.15) is 0 Å². The molecule has 2 N–H and O–H groups in total. The molecule has 6 heteroatoms. The molecule has 8 aromatic rings. The van der Waals surface area contributed by atoms with Crippen LogP contribution in [0.2, 0.25) is 0 Å². The zero-order valence-corrected chi connectivity index (χ0v) is 35.9. The maximum Gasteiger partial charge on any atom is 0.220 e. The Morgan fingerprint density at radius 2 is 0.850 bits per heavy atom. The molecule has 0 aromatic heterocycles. The van der Waals surface area contributed by atoms with Crippen molar-refractivity contribution in [3.05, 3.63) is 120 Å². The Balaban J connectivity index is 0.672. The Bertz CT molecular complexity index is 2700. The normalized spacial score (nSPS) is 12.5. The number of benzene rings is 8. The van der Waals surface area contributed by atoms with Crippen LogP contribution in [-0.4, -0.2) is 49.3 Å². The maximum absolute atomic E-state index is 12.7. The van der Waals surface area contributed by atoms with Crippen molar-refractivity contribution >= 4 is 76.4 Å². The lowest BCUT2D eigenvalue weighted by atomic mass is 9.90. The first-order valence-corrected chi connectivity index (χ1v) is 22.2. The Morgan fingerprint density at radius 3 is 1.35 bits per heavy atom. The van der Waals surface area contributed by atoms with E-state index in [0.29, 0.717) is 39.1 Å². The minimum absolute atomic E-state index is 0.0955. The smallest absolute Gasteiger partial charge is 0.220 e. The molecule has 310 valence electrons. The summed E-state index contributed by atoms with van der Waals surface area (Å²) in [7, 11) is 0. The van der Waals surface area contributed by atoms with Gasteiger partial charge in [-0.3, -0.25) is 9.59 Å². The van der Waals surface area contributed by atoms with Gasteiger partial charge in [-0.15, -0.1) is 0 Å². The fourth-order valence-corrected chi connectivity index (χ4v) is 9.19. The lowest BCUT2D eigenvalue weighted by Crippen LogP contribution is -2.32. The summed E-state index contributed by atoms with van der Waals surface area (Å²) in [5, 5.41) is 21.8. The van der Waals surface area contributed by atoms with Gasteiger partial charge in [-0.2, -0.15) is 0 Å². The minimum atomic E-state index is -0.327. The standard InChI is InChI=1S/C54H60N2O4/c1-53(2,31-9-33-55-47(57)17-7-11-37-19-21-43-25-23-39-13-5-15-41-27-29-45(37)51(43)49(39)41)60-36-32-54(3,4)59-35-10-34-56-48(58)18-8-12-38-20-22-44-26-24-40-14-6-16-42-28-30-46(38)52(44)50(40)42/h5-6,13-16,19-30H,7-12,17-18,31-36H2,1-4H3,(H,55,57)(H,56,58). The van der Waals surface area contributed by atoms with E-state index < -0.39 is 0 Å². The summed E-state index contributed by atoms with van der Waals surface area (Å²) in [6.07, 6.45) is 7.68. The fourth-order valence-electron chi connectivity index (χ4n) is 9.19. The van der Waals surface area contributed by atoms with Gasteiger partial charge in [0.15, 0.2) is 0 Å². The highest BCUT2D eigenvalue weighted by Gasteiger charge is 2.23. The minimum Gasteiger partial charge on any atom is -0.375 e. The number of nitrogens with one attached hydrogen (secondary N) is 2. The summed E-state index contributed by atoms with van der Waals surface area (Å²) < 4.78 is 12.5. The summed E-state index contributed by atoms with van der Waals surface area (Å²) in [6, 6.07) is 39.7. The van der Waals surface area contributed by atoms with Crippen LogP contribution in [0.3, 0.4) is 0 Å². The number of aryl methyl sites for hydroxylation is 2. The number of hydrogen-bond donors (Lipinski definition) is 2. The Morgan fingerprint density at radius 1 is 0.450 bits per heavy atom. The summed E-state index contributed by atoms with van der Waals surface area (Å²) >= 11 is 0. The van der Waals surface area contributed by atoms with Crippen LogP contribution in [0.5, 0.6) is 0 Å². The molecule has 0 spiro atoms. The molecule has 0 aliphatic carbocycles. The Hall–Kier alpha value is -5.30. The number of carbonyl (C=O) groups excluding carboxylic acids is 2. The molecule has 0 atom stereocenters. The molecule has 0 radical (unpaired) electrons. The van der Waals surface area contributed by atoms with E-state index in [4.69, 9.17) is 9.47 Å². The van der Waals surface area contributed by atoms with Crippen molar-refractivity contribution in [1.29, 1.82) is 0 Å². The first-order chi connectivity index (χ1) is 29.1. The third-order valence-corrected chi connectivity index (χ3v) is 12.5. The van der Waals surface area contributed by atoms with Crippen LogP contribution in [0.15, 0.2) is 109 Å². The molecule has 8 aromatic carbocycles. The van der Waals surface area contributed by atoms with Crippen molar-refractivity contribution in [1.82, 2.24) is 10.6 Å². The number of ether oxygens (including phenoxy) is 2. The molecular formula is C54H60N2O4. The predicted molar refractivity (Wildman–Crippen MR) is 251 cm³/mol. The highest BCUT2D eigenvalue weighted by atomic mass is 16.5. The summed E-state index contributed by atoms with van der Waals surface area (Å²) in [4.78, 5) is 25.4. The molecule has 0 bridgehead atoms. The number of hydrogen-bond acceptors (Lipinski definition) is 4. The highest BCUT2D eigenvalue weighted by molar-refractivity contribution is 6.24. The van der Waals surface area contributed by atoms with Crippen LogP contribution in [-0.2, 0) is 31.9 Å². The van der Waals surface area contributed by atoms with Crippen molar-refractivity contribution in [3.63, 3.8) is 0 Å². The van der Waals surface area contributed by atoms with Crippen molar-refractivity contribution in [3.8, 4) is 0 Å². The lowest BCUT2D eigenvalue weighted by Gasteiger charge is -2.30. The first kappa shape index (κ1) is 41.4. The largest absolute Gasteiger partial charge is 0.375 e. The molecule has 0 aliphatic rings. The topological polar surface area (TPSA) is 76.7 Å². The van der Waals surface area contributed by atoms with Crippen molar-refractivity contribution in [2.75, 3.05) is 26.3 Å². The quantitative estimate of drug-likeness (QED) is 0.0560. The van der Waals surface area contributed by atoms with Crippen LogP contribution in [0.25, 0.3) is 64.6 Å². The second kappa shape index (κ2) is 18.1. The SMILES string of the molecule is CC(C)(CCCNC(=O)CCCc1ccc2ccc3cccc4ccc1c2c34)OCCC(C)(C)OCCCNC(=O)CCCc1ccc2ccc3cccc4ccc1c2c34. The third kappa shape index (κ3) is 9.51. The van der Waals surface area contributed by atoms with E-state index in [1.165, 1.54) is 75.8 Å². The average molecular weight is 801 g/mol. The van der Waals surface area contributed by atoms with Crippen LogP contribution < -0.4 is 10.6 Å². The third-order valence-electron chi connectivity index (χ3n) is 12.5. The number of carbonyl (C=O) groups is 2. The van der Waals surface area contributed by atoms with Gasteiger partial charge in [-0.05, 0) is 155 Å². The molecule has 2 amide bonds. The first-order valence-electron chi connectivity index (χ1n) is 22.2.